The molecule has 5 nitrogen and oxygen atoms in total. The van der Waals surface area contributed by atoms with Gasteiger partial charge in [-0.25, -0.2) is 4.79 Å². The van der Waals surface area contributed by atoms with Crippen LogP contribution in [0.25, 0.3) is 0 Å². The van der Waals surface area contributed by atoms with E-state index in [0.29, 0.717) is 31.8 Å². The number of carboxylic acid groups (broad SMARTS) is 1. The minimum Gasteiger partial charge on any atom is -0.481 e. The molecule has 1 saturated carbocycles. The molecule has 0 aromatic carbocycles. The molecule has 0 spiro atoms. The summed E-state index contributed by atoms with van der Waals surface area (Å²) in [6.45, 7) is 3.51. The first-order valence-electron chi connectivity index (χ1n) is 6.83. The number of hydrogen-bond acceptors (Lipinski definition) is 2. The maximum Gasteiger partial charge on any atom is 0.317 e. The Labute approximate surface area is 108 Å². The second-order valence-electron chi connectivity index (χ2n) is 5.59. The van der Waals surface area contributed by atoms with Crippen molar-refractivity contribution in [1.82, 2.24) is 10.2 Å². The van der Waals surface area contributed by atoms with Gasteiger partial charge in [-0.3, -0.25) is 4.79 Å². The van der Waals surface area contributed by atoms with Crippen LogP contribution in [0.3, 0.4) is 0 Å². The van der Waals surface area contributed by atoms with Gasteiger partial charge in [-0.05, 0) is 31.6 Å². The van der Waals surface area contributed by atoms with Gasteiger partial charge in [-0.2, -0.15) is 0 Å². The predicted octanol–water partition coefficient (Wildman–Crippen LogP) is 1.68. The number of carboxylic acids is 1. The quantitative estimate of drug-likeness (QED) is 0.802. The summed E-state index contributed by atoms with van der Waals surface area (Å²) in [5, 5.41) is 12.2. The van der Waals surface area contributed by atoms with Crippen molar-refractivity contribution in [2.75, 3.05) is 19.6 Å². The summed E-state index contributed by atoms with van der Waals surface area (Å²) < 4.78 is 0. The predicted molar refractivity (Wildman–Crippen MR) is 67.3 cm³/mol. The highest BCUT2D eigenvalue weighted by Crippen LogP contribution is 2.34. The van der Waals surface area contributed by atoms with Crippen LogP contribution in [-0.2, 0) is 4.79 Å². The first-order valence-corrected chi connectivity index (χ1v) is 6.83. The Kier molecular flexibility index (Phi) is 3.78. The van der Waals surface area contributed by atoms with Crippen molar-refractivity contribution >= 4 is 12.0 Å². The molecule has 2 rings (SSSR count). The highest BCUT2D eigenvalue weighted by Gasteiger charge is 2.44. The van der Waals surface area contributed by atoms with Crippen LogP contribution < -0.4 is 5.32 Å². The highest BCUT2D eigenvalue weighted by molar-refractivity contribution is 5.79. The number of carbonyl (C=O) groups is 2. The van der Waals surface area contributed by atoms with Crippen LogP contribution in [0.15, 0.2) is 0 Å². The lowest BCUT2D eigenvalue weighted by Crippen LogP contribution is -2.43. The molecule has 2 amide bonds. The molecule has 0 aromatic heterocycles. The molecular formula is C13H22N2O3. The Balaban J connectivity index is 1.83. The number of nitrogens with one attached hydrogen (secondary N) is 1. The zero-order chi connectivity index (χ0) is 13.2. The lowest BCUT2D eigenvalue weighted by molar-refractivity contribution is -0.148. The molecule has 18 heavy (non-hydrogen) atoms. The molecule has 1 aliphatic heterocycles. The van der Waals surface area contributed by atoms with Gasteiger partial charge in [-0.15, -0.1) is 0 Å². The lowest BCUT2D eigenvalue weighted by Gasteiger charge is -2.27. The van der Waals surface area contributed by atoms with Crippen molar-refractivity contribution in [2.45, 2.75) is 39.0 Å². The Bertz CT molecular complexity index is 341. The first kappa shape index (κ1) is 13.2. The van der Waals surface area contributed by atoms with Crippen LogP contribution in [0, 0.1) is 11.3 Å². The van der Waals surface area contributed by atoms with Crippen LogP contribution in [-0.4, -0.2) is 41.6 Å². The third-order valence-corrected chi connectivity index (χ3v) is 4.54. The Hall–Kier alpha value is -1.26. The summed E-state index contributed by atoms with van der Waals surface area (Å²) in [7, 11) is 0. The molecule has 2 fully saturated rings. The number of urea groups is 1. The van der Waals surface area contributed by atoms with E-state index in [9.17, 15) is 14.7 Å². The van der Waals surface area contributed by atoms with E-state index >= 15 is 0 Å². The molecule has 2 aliphatic rings. The molecule has 5 heteroatoms. The third kappa shape index (κ3) is 2.44. The highest BCUT2D eigenvalue weighted by atomic mass is 16.4. The number of aliphatic carboxylic acids is 1. The van der Waals surface area contributed by atoms with Gasteiger partial charge in [0.1, 0.15) is 0 Å². The molecule has 1 atom stereocenters. The van der Waals surface area contributed by atoms with Crippen molar-refractivity contribution in [3.05, 3.63) is 0 Å². The van der Waals surface area contributed by atoms with E-state index in [1.807, 2.05) is 6.92 Å². The summed E-state index contributed by atoms with van der Waals surface area (Å²) in [4.78, 5) is 24.9. The summed E-state index contributed by atoms with van der Waals surface area (Å²) in [5.74, 6) is -0.147. The van der Waals surface area contributed by atoms with Crippen LogP contribution in [0.1, 0.15) is 39.0 Å². The van der Waals surface area contributed by atoms with Crippen molar-refractivity contribution in [1.29, 1.82) is 0 Å². The second kappa shape index (κ2) is 5.16. The molecule has 1 saturated heterocycles. The molecule has 2 N–H and O–H groups in total. The molecule has 1 aliphatic carbocycles. The van der Waals surface area contributed by atoms with E-state index in [0.717, 1.165) is 6.54 Å². The number of likely N-dealkylation sites (tertiary alicyclic amines) is 1. The van der Waals surface area contributed by atoms with E-state index in [4.69, 9.17) is 0 Å². The maximum atomic E-state index is 11.9. The molecule has 0 bridgehead atoms. The Morgan fingerprint density at radius 3 is 2.61 bits per heavy atom. The smallest absolute Gasteiger partial charge is 0.317 e. The molecule has 0 aromatic rings. The SMILES string of the molecule is CCC1(C(=O)O)CCN(C(=O)NCC2CCC2)C1. The average molecular weight is 254 g/mol. The summed E-state index contributed by atoms with van der Waals surface area (Å²) in [6, 6.07) is -0.0986. The second-order valence-corrected chi connectivity index (χ2v) is 5.59. The average Bonchev–Trinajstić information content (AvgIpc) is 2.72. The van der Waals surface area contributed by atoms with Gasteiger partial charge in [0, 0.05) is 19.6 Å². The van der Waals surface area contributed by atoms with E-state index < -0.39 is 11.4 Å². The van der Waals surface area contributed by atoms with Crippen molar-refractivity contribution in [3.8, 4) is 0 Å². The fourth-order valence-electron chi connectivity index (χ4n) is 2.70. The van der Waals surface area contributed by atoms with E-state index in [2.05, 4.69) is 5.32 Å². The van der Waals surface area contributed by atoms with Crippen LogP contribution in [0.4, 0.5) is 4.79 Å². The van der Waals surface area contributed by atoms with Gasteiger partial charge in [0.15, 0.2) is 0 Å². The van der Waals surface area contributed by atoms with E-state index in [-0.39, 0.29) is 6.03 Å². The Morgan fingerprint density at radius 2 is 2.17 bits per heavy atom. The maximum absolute atomic E-state index is 11.9. The van der Waals surface area contributed by atoms with Crippen LogP contribution in [0.5, 0.6) is 0 Å². The third-order valence-electron chi connectivity index (χ3n) is 4.54. The molecule has 102 valence electrons. The zero-order valence-electron chi connectivity index (χ0n) is 10.9. The summed E-state index contributed by atoms with van der Waals surface area (Å²) in [6.07, 6.45) is 4.81. The molecule has 0 radical (unpaired) electrons. The monoisotopic (exact) mass is 254 g/mol. The van der Waals surface area contributed by atoms with Gasteiger partial charge in [0.05, 0.1) is 5.41 Å². The van der Waals surface area contributed by atoms with Crippen LogP contribution >= 0.6 is 0 Å². The molecular weight excluding hydrogens is 232 g/mol. The topological polar surface area (TPSA) is 69.6 Å². The Morgan fingerprint density at radius 1 is 1.44 bits per heavy atom. The van der Waals surface area contributed by atoms with Gasteiger partial charge in [0.2, 0.25) is 0 Å². The van der Waals surface area contributed by atoms with E-state index in [1.54, 1.807) is 4.90 Å². The van der Waals surface area contributed by atoms with Crippen LogP contribution in [0.2, 0.25) is 0 Å². The largest absolute Gasteiger partial charge is 0.481 e. The standard InChI is InChI=1S/C13H22N2O3/c1-2-13(11(16)17)6-7-15(9-13)12(18)14-8-10-4-3-5-10/h10H,2-9H2,1H3,(H,14,18)(H,16,17). The zero-order valence-corrected chi connectivity index (χ0v) is 10.9. The number of amides is 2. The van der Waals surface area contributed by atoms with Gasteiger partial charge < -0.3 is 15.3 Å². The van der Waals surface area contributed by atoms with E-state index in [1.165, 1.54) is 19.3 Å². The fraction of sp³-hybridized carbons (Fsp3) is 0.846. The number of carbonyl (C=O) groups excluding carboxylic acids is 1. The van der Waals surface area contributed by atoms with Gasteiger partial charge in [-0.1, -0.05) is 13.3 Å². The minimum absolute atomic E-state index is 0.0986. The fourth-order valence-corrected chi connectivity index (χ4v) is 2.70. The first-order chi connectivity index (χ1) is 8.57. The number of rotatable bonds is 4. The van der Waals surface area contributed by atoms with Gasteiger partial charge >= 0.3 is 12.0 Å². The summed E-state index contributed by atoms with van der Waals surface area (Å²) >= 11 is 0. The van der Waals surface area contributed by atoms with Crippen molar-refractivity contribution in [3.63, 3.8) is 0 Å². The van der Waals surface area contributed by atoms with Crippen molar-refractivity contribution < 1.29 is 14.7 Å². The van der Waals surface area contributed by atoms with Crippen molar-refractivity contribution in [2.24, 2.45) is 11.3 Å². The molecule has 1 heterocycles. The van der Waals surface area contributed by atoms with Gasteiger partial charge in [0.25, 0.3) is 0 Å². The normalized spacial score (nSPS) is 27.9. The lowest BCUT2D eigenvalue weighted by atomic mass is 9.84. The number of nitrogens with zero attached hydrogens (tertiary/aromatic N) is 1. The summed E-state index contributed by atoms with van der Waals surface area (Å²) in [5.41, 5.74) is -0.728. The molecule has 1 unspecified atom stereocenters. The minimum atomic E-state index is -0.778. The number of hydrogen-bond donors (Lipinski definition) is 2.